The number of methoxy groups -OCH3 is 1. The molecule has 1 aromatic carbocycles. The first-order valence-electron chi connectivity index (χ1n) is 6.86. The predicted octanol–water partition coefficient (Wildman–Crippen LogP) is 2.74. The number of carbonyl (C=O) groups is 1. The van der Waals surface area contributed by atoms with Crippen LogP contribution in [0.1, 0.15) is 32.9 Å². The molecule has 0 spiro atoms. The molecule has 21 heavy (non-hydrogen) atoms. The van der Waals surface area contributed by atoms with Crippen molar-refractivity contribution in [3.05, 3.63) is 46.3 Å². The summed E-state index contributed by atoms with van der Waals surface area (Å²) in [6, 6.07) is 5.50. The molecule has 0 unspecified atom stereocenters. The Morgan fingerprint density at radius 3 is 2.57 bits per heavy atom. The van der Waals surface area contributed by atoms with E-state index in [0.717, 1.165) is 22.6 Å². The Hall–Kier alpha value is -2.30. The minimum Gasteiger partial charge on any atom is -0.465 e. The second-order valence-corrected chi connectivity index (χ2v) is 5.15. The lowest BCUT2D eigenvalue weighted by atomic mass is 10.1. The highest BCUT2D eigenvalue weighted by Crippen LogP contribution is 2.20. The number of nitrogens with zero attached hydrogens (tertiary/aromatic N) is 2. The molecule has 0 atom stereocenters. The van der Waals surface area contributed by atoms with Gasteiger partial charge in [-0.1, -0.05) is 0 Å². The van der Waals surface area contributed by atoms with Crippen molar-refractivity contribution in [2.45, 2.75) is 27.3 Å². The van der Waals surface area contributed by atoms with Crippen LogP contribution in [0.4, 0.5) is 5.69 Å². The van der Waals surface area contributed by atoms with Gasteiger partial charge in [-0.3, -0.25) is 4.68 Å². The maximum atomic E-state index is 11.5. The van der Waals surface area contributed by atoms with E-state index < -0.39 is 0 Å². The Morgan fingerprint density at radius 1 is 1.33 bits per heavy atom. The third-order valence-electron chi connectivity index (χ3n) is 3.76. The summed E-state index contributed by atoms with van der Waals surface area (Å²) < 4.78 is 6.61. The normalized spacial score (nSPS) is 10.5. The lowest BCUT2D eigenvalue weighted by molar-refractivity contribution is 0.0600. The summed E-state index contributed by atoms with van der Waals surface area (Å²) in [6.07, 6.45) is 0. The van der Waals surface area contributed by atoms with Gasteiger partial charge in [-0.15, -0.1) is 0 Å². The van der Waals surface area contributed by atoms with Crippen LogP contribution in [-0.4, -0.2) is 22.9 Å². The number of nitrogens with one attached hydrogen (secondary N) is 1. The molecule has 0 aliphatic carbocycles. The summed E-state index contributed by atoms with van der Waals surface area (Å²) in [7, 11) is 3.33. The predicted molar refractivity (Wildman–Crippen MR) is 82.5 cm³/mol. The Balaban J connectivity index is 2.15. The van der Waals surface area contributed by atoms with Gasteiger partial charge in [0.25, 0.3) is 0 Å². The fourth-order valence-electron chi connectivity index (χ4n) is 2.36. The Morgan fingerprint density at radius 2 is 2.05 bits per heavy atom. The zero-order valence-electron chi connectivity index (χ0n) is 13.2. The molecule has 0 amide bonds. The van der Waals surface area contributed by atoms with E-state index in [4.69, 9.17) is 4.74 Å². The van der Waals surface area contributed by atoms with Crippen LogP contribution in [0.25, 0.3) is 0 Å². The van der Waals surface area contributed by atoms with Crippen molar-refractivity contribution in [3.63, 3.8) is 0 Å². The number of carbonyl (C=O) groups excluding carboxylic acids is 1. The van der Waals surface area contributed by atoms with E-state index in [1.807, 2.05) is 37.7 Å². The summed E-state index contributed by atoms with van der Waals surface area (Å²) in [6.45, 7) is 6.75. The van der Waals surface area contributed by atoms with Crippen molar-refractivity contribution in [2.24, 2.45) is 7.05 Å². The van der Waals surface area contributed by atoms with Gasteiger partial charge in [0.2, 0.25) is 0 Å². The fourth-order valence-corrected chi connectivity index (χ4v) is 2.36. The number of hydrogen-bond donors (Lipinski definition) is 1. The fraction of sp³-hybridized carbons (Fsp3) is 0.375. The second-order valence-electron chi connectivity index (χ2n) is 5.15. The molecule has 2 rings (SSSR count). The summed E-state index contributed by atoms with van der Waals surface area (Å²) in [5.41, 5.74) is 5.97. The molecule has 0 bridgehead atoms. The van der Waals surface area contributed by atoms with Gasteiger partial charge in [-0.05, 0) is 44.5 Å². The molecule has 1 heterocycles. The summed E-state index contributed by atoms with van der Waals surface area (Å²) in [4.78, 5) is 11.5. The van der Waals surface area contributed by atoms with Crippen LogP contribution in [0, 0.1) is 20.8 Å². The van der Waals surface area contributed by atoms with Gasteiger partial charge in [-0.25, -0.2) is 4.79 Å². The van der Waals surface area contributed by atoms with Crippen molar-refractivity contribution in [1.29, 1.82) is 0 Å². The second kappa shape index (κ2) is 5.99. The number of rotatable bonds is 4. The first-order valence-corrected chi connectivity index (χ1v) is 6.86. The maximum Gasteiger partial charge on any atom is 0.337 e. The molecule has 112 valence electrons. The molecule has 0 aliphatic heterocycles. The zero-order chi connectivity index (χ0) is 15.6. The van der Waals surface area contributed by atoms with E-state index in [0.29, 0.717) is 12.1 Å². The number of aryl methyl sites for hydroxylation is 3. The summed E-state index contributed by atoms with van der Waals surface area (Å²) >= 11 is 0. The first-order chi connectivity index (χ1) is 9.93. The third-order valence-corrected chi connectivity index (χ3v) is 3.76. The van der Waals surface area contributed by atoms with Crippen molar-refractivity contribution < 1.29 is 9.53 Å². The molecule has 5 heteroatoms. The highest BCUT2D eigenvalue weighted by molar-refractivity contribution is 5.90. The molecule has 0 radical (unpaired) electrons. The van der Waals surface area contributed by atoms with Crippen LogP contribution < -0.4 is 5.32 Å². The van der Waals surface area contributed by atoms with Gasteiger partial charge < -0.3 is 10.1 Å². The topological polar surface area (TPSA) is 56.1 Å². The van der Waals surface area contributed by atoms with E-state index in [2.05, 4.69) is 17.3 Å². The van der Waals surface area contributed by atoms with E-state index in [9.17, 15) is 4.79 Å². The third kappa shape index (κ3) is 3.07. The van der Waals surface area contributed by atoms with Gasteiger partial charge in [0.05, 0.1) is 18.4 Å². The lowest BCUT2D eigenvalue weighted by Gasteiger charge is -2.11. The number of aromatic nitrogens is 2. The average Bonchev–Trinajstić information content (AvgIpc) is 2.70. The SMILES string of the molecule is COC(=O)c1ccc(NCc2c(C)nn(C)c2C)c(C)c1. The molecule has 0 saturated heterocycles. The largest absolute Gasteiger partial charge is 0.465 e. The van der Waals surface area contributed by atoms with E-state index >= 15 is 0 Å². The molecule has 5 nitrogen and oxygen atoms in total. The van der Waals surface area contributed by atoms with Gasteiger partial charge >= 0.3 is 5.97 Å². The first kappa shape index (κ1) is 15.1. The van der Waals surface area contributed by atoms with E-state index in [-0.39, 0.29) is 5.97 Å². The lowest BCUT2D eigenvalue weighted by Crippen LogP contribution is -2.06. The smallest absolute Gasteiger partial charge is 0.337 e. The Bertz CT molecular complexity index is 674. The monoisotopic (exact) mass is 287 g/mol. The molecule has 0 aliphatic rings. The van der Waals surface area contributed by atoms with E-state index in [1.54, 1.807) is 6.07 Å². The number of hydrogen-bond acceptors (Lipinski definition) is 4. The molecular weight excluding hydrogens is 266 g/mol. The molecule has 1 aromatic heterocycles. The summed E-state index contributed by atoms with van der Waals surface area (Å²) in [5.74, 6) is -0.316. The number of benzene rings is 1. The van der Waals surface area contributed by atoms with Crippen molar-refractivity contribution in [1.82, 2.24) is 9.78 Å². The van der Waals surface area contributed by atoms with Crippen molar-refractivity contribution in [3.8, 4) is 0 Å². The minimum atomic E-state index is -0.316. The van der Waals surface area contributed by atoms with E-state index in [1.165, 1.54) is 12.7 Å². The van der Waals surface area contributed by atoms with Gasteiger partial charge in [0.15, 0.2) is 0 Å². The van der Waals surface area contributed by atoms with Crippen LogP contribution >= 0.6 is 0 Å². The molecule has 2 aromatic rings. The number of anilines is 1. The molecule has 0 fully saturated rings. The van der Waals surface area contributed by atoms with Crippen LogP contribution in [0.3, 0.4) is 0 Å². The van der Waals surface area contributed by atoms with Gasteiger partial charge in [0.1, 0.15) is 0 Å². The highest BCUT2D eigenvalue weighted by atomic mass is 16.5. The molecule has 1 N–H and O–H groups in total. The summed E-state index contributed by atoms with van der Waals surface area (Å²) in [5, 5.41) is 7.81. The van der Waals surface area contributed by atoms with Gasteiger partial charge in [-0.2, -0.15) is 5.10 Å². The van der Waals surface area contributed by atoms with Crippen molar-refractivity contribution in [2.75, 3.05) is 12.4 Å². The quantitative estimate of drug-likeness (QED) is 0.879. The zero-order valence-corrected chi connectivity index (χ0v) is 13.2. The highest BCUT2D eigenvalue weighted by Gasteiger charge is 2.11. The number of ether oxygens (including phenoxy) is 1. The Labute approximate surface area is 124 Å². The minimum absolute atomic E-state index is 0.316. The molecular formula is C16H21N3O2. The van der Waals surface area contributed by atoms with Crippen molar-refractivity contribution >= 4 is 11.7 Å². The molecule has 0 saturated carbocycles. The maximum absolute atomic E-state index is 11.5. The Kier molecular flexibility index (Phi) is 4.31. The standard InChI is InChI=1S/C16H21N3O2/c1-10-8-13(16(20)21-5)6-7-15(10)17-9-14-11(2)18-19(4)12(14)3/h6-8,17H,9H2,1-5H3. The van der Waals surface area contributed by atoms with Crippen LogP contribution in [0.2, 0.25) is 0 Å². The average molecular weight is 287 g/mol. The van der Waals surface area contributed by atoms with Crippen LogP contribution in [0.15, 0.2) is 18.2 Å². The van der Waals surface area contributed by atoms with Gasteiger partial charge in [0, 0.05) is 30.5 Å². The van der Waals surface area contributed by atoms with Crippen LogP contribution in [0.5, 0.6) is 0 Å². The van der Waals surface area contributed by atoms with Crippen LogP contribution in [-0.2, 0) is 18.3 Å². The number of esters is 1.